The SMILES string of the molecule is O=C(O)Cc1cncc(O)c1. The molecule has 0 aromatic carbocycles. The number of aliphatic carboxylic acids is 1. The summed E-state index contributed by atoms with van der Waals surface area (Å²) in [6.45, 7) is 0. The second-order valence-electron chi connectivity index (χ2n) is 2.12. The van der Waals surface area contributed by atoms with E-state index in [1.54, 1.807) is 0 Å². The highest BCUT2D eigenvalue weighted by Gasteiger charge is 2.00. The molecule has 58 valence electrons. The quantitative estimate of drug-likeness (QED) is 0.645. The lowest BCUT2D eigenvalue weighted by atomic mass is 10.2. The summed E-state index contributed by atoms with van der Waals surface area (Å²) in [6.07, 6.45) is 2.56. The van der Waals surface area contributed by atoms with Gasteiger partial charge in [0.2, 0.25) is 0 Å². The number of nitrogens with zero attached hydrogens (tertiary/aromatic N) is 1. The number of pyridine rings is 1. The molecule has 1 rings (SSSR count). The number of carboxylic acids is 1. The molecule has 4 nitrogen and oxygen atoms in total. The van der Waals surface area contributed by atoms with E-state index in [1.165, 1.54) is 18.5 Å². The highest BCUT2D eigenvalue weighted by Crippen LogP contribution is 2.08. The van der Waals surface area contributed by atoms with Crippen LogP contribution in [0.4, 0.5) is 0 Å². The molecule has 0 unspecified atom stereocenters. The molecule has 0 saturated carbocycles. The second-order valence-corrected chi connectivity index (χ2v) is 2.12. The van der Waals surface area contributed by atoms with E-state index in [0.29, 0.717) is 5.56 Å². The first-order valence-electron chi connectivity index (χ1n) is 3.03. The van der Waals surface area contributed by atoms with Crippen LogP contribution in [-0.4, -0.2) is 21.2 Å². The molecule has 0 radical (unpaired) electrons. The molecule has 0 bridgehead atoms. The number of rotatable bonds is 2. The van der Waals surface area contributed by atoms with Gasteiger partial charge in [-0.3, -0.25) is 9.78 Å². The van der Waals surface area contributed by atoms with Crippen LogP contribution in [-0.2, 0) is 11.2 Å². The topological polar surface area (TPSA) is 70.4 Å². The van der Waals surface area contributed by atoms with Gasteiger partial charge in [-0.05, 0) is 11.6 Å². The van der Waals surface area contributed by atoms with Crippen LogP contribution in [0.5, 0.6) is 5.75 Å². The normalized spacial score (nSPS) is 9.45. The predicted molar refractivity (Wildman–Crippen MR) is 37.2 cm³/mol. The van der Waals surface area contributed by atoms with Gasteiger partial charge in [-0.15, -0.1) is 0 Å². The number of hydrogen-bond donors (Lipinski definition) is 2. The number of aromatic nitrogens is 1. The minimum atomic E-state index is -0.933. The zero-order valence-electron chi connectivity index (χ0n) is 5.69. The second kappa shape index (κ2) is 3.01. The lowest BCUT2D eigenvalue weighted by molar-refractivity contribution is -0.136. The van der Waals surface area contributed by atoms with Crippen LogP contribution >= 0.6 is 0 Å². The maximum atomic E-state index is 10.2. The summed E-state index contributed by atoms with van der Waals surface area (Å²) in [5.41, 5.74) is 0.498. The van der Waals surface area contributed by atoms with Crippen LogP contribution in [0.1, 0.15) is 5.56 Å². The fourth-order valence-electron chi connectivity index (χ4n) is 0.745. The molecule has 0 atom stereocenters. The van der Waals surface area contributed by atoms with Crippen molar-refractivity contribution >= 4 is 5.97 Å². The van der Waals surface area contributed by atoms with Gasteiger partial charge in [0.1, 0.15) is 5.75 Å². The van der Waals surface area contributed by atoms with E-state index < -0.39 is 5.97 Å². The first kappa shape index (κ1) is 7.53. The van der Waals surface area contributed by atoms with E-state index in [2.05, 4.69) is 4.98 Å². The largest absolute Gasteiger partial charge is 0.506 e. The summed E-state index contributed by atoms with van der Waals surface area (Å²) in [5, 5.41) is 17.2. The predicted octanol–water partition coefficient (Wildman–Crippen LogP) is 0.414. The van der Waals surface area contributed by atoms with Crippen LogP contribution in [0.2, 0.25) is 0 Å². The molecule has 0 aliphatic heterocycles. The Labute approximate surface area is 63.1 Å². The Morgan fingerprint density at radius 1 is 1.55 bits per heavy atom. The molecule has 11 heavy (non-hydrogen) atoms. The zero-order chi connectivity index (χ0) is 8.27. The molecule has 2 N–H and O–H groups in total. The Balaban J connectivity index is 2.79. The molecule has 0 aliphatic rings. The molecule has 1 aromatic rings. The summed E-state index contributed by atoms with van der Waals surface area (Å²) >= 11 is 0. The summed E-state index contributed by atoms with van der Waals surface area (Å²) in [6, 6.07) is 1.38. The zero-order valence-corrected chi connectivity index (χ0v) is 5.69. The van der Waals surface area contributed by atoms with E-state index in [-0.39, 0.29) is 12.2 Å². The maximum Gasteiger partial charge on any atom is 0.307 e. The minimum absolute atomic E-state index is 0.0104. The van der Waals surface area contributed by atoms with Crippen molar-refractivity contribution in [1.82, 2.24) is 4.98 Å². The van der Waals surface area contributed by atoms with Crippen molar-refractivity contribution in [3.05, 3.63) is 24.0 Å². The van der Waals surface area contributed by atoms with E-state index in [9.17, 15) is 4.79 Å². The van der Waals surface area contributed by atoms with Crippen LogP contribution in [0.3, 0.4) is 0 Å². The Kier molecular flexibility index (Phi) is 2.06. The standard InChI is InChI=1S/C7H7NO3/c9-6-1-5(2-7(10)11)3-8-4-6/h1,3-4,9H,2H2,(H,10,11). The smallest absolute Gasteiger partial charge is 0.307 e. The number of carbonyl (C=O) groups is 1. The highest BCUT2D eigenvalue weighted by molar-refractivity contribution is 5.70. The van der Waals surface area contributed by atoms with Gasteiger partial charge in [0.05, 0.1) is 12.6 Å². The van der Waals surface area contributed by atoms with Crippen LogP contribution < -0.4 is 0 Å². The summed E-state index contributed by atoms with van der Waals surface area (Å²) in [7, 11) is 0. The number of carboxylic acid groups (broad SMARTS) is 1. The lowest BCUT2D eigenvalue weighted by Crippen LogP contribution is -1.99. The monoisotopic (exact) mass is 153 g/mol. The summed E-state index contributed by atoms with van der Waals surface area (Å²) in [4.78, 5) is 13.8. The maximum absolute atomic E-state index is 10.2. The molecule has 0 amide bonds. The van der Waals surface area contributed by atoms with E-state index in [1.807, 2.05) is 0 Å². The Morgan fingerprint density at radius 3 is 2.82 bits per heavy atom. The molecule has 0 saturated heterocycles. The fraction of sp³-hybridized carbons (Fsp3) is 0.143. The molecule has 0 aliphatic carbocycles. The third-order valence-electron chi connectivity index (χ3n) is 1.14. The molecule has 1 heterocycles. The van der Waals surface area contributed by atoms with Crippen LogP contribution in [0, 0.1) is 0 Å². The van der Waals surface area contributed by atoms with Crippen molar-refractivity contribution in [1.29, 1.82) is 0 Å². The van der Waals surface area contributed by atoms with Gasteiger partial charge in [0, 0.05) is 6.20 Å². The Morgan fingerprint density at radius 2 is 2.27 bits per heavy atom. The van der Waals surface area contributed by atoms with Crippen molar-refractivity contribution in [2.24, 2.45) is 0 Å². The van der Waals surface area contributed by atoms with Gasteiger partial charge in [-0.25, -0.2) is 0 Å². The highest BCUT2D eigenvalue weighted by atomic mass is 16.4. The molecule has 0 spiro atoms. The van der Waals surface area contributed by atoms with Gasteiger partial charge in [0.15, 0.2) is 0 Å². The third-order valence-corrected chi connectivity index (χ3v) is 1.14. The molecule has 0 fully saturated rings. The first-order chi connectivity index (χ1) is 5.18. The molecule has 4 heteroatoms. The van der Waals surface area contributed by atoms with Gasteiger partial charge in [-0.1, -0.05) is 0 Å². The van der Waals surface area contributed by atoms with Gasteiger partial charge in [0.25, 0.3) is 0 Å². The summed E-state index contributed by atoms with van der Waals surface area (Å²) in [5.74, 6) is -0.943. The molecular formula is C7H7NO3. The lowest BCUT2D eigenvalue weighted by Gasteiger charge is -1.95. The number of aromatic hydroxyl groups is 1. The third kappa shape index (κ3) is 2.25. The molecule has 1 aromatic heterocycles. The van der Waals surface area contributed by atoms with Gasteiger partial charge >= 0.3 is 5.97 Å². The summed E-state index contributed by atoms with van der Waals surface area (Å²) < 4.78 is 0. The van der Waals surface area contributed by atoms with Crippen molar-refractivity contribution < 1.29 is 15.0 Å². The van der Waals surface area contributed by atoms with Gasteiger partial charge in [-0.2, -0.15) is 0 Å². The van der Waals surface area contributed by atoms with Crippen molar-refractivity contribution in [3.8, 4) is 5.75 Å². The van der Waals surface area contributed by atoms with Crippen molar-refractivity contribution in [3.63, 3.8) is 0 Å². The minimum Gasteiger partial charge on any atom is -0.506 e. The van der Waals surface area contributed by atoms with Crippen LogP contribution in [0.25, 0.3) is 0 Å². The average Bonchev–Trinajstić information content (AvgIpc) is 1.85. The van der Waals surface area contributed by atoms with E-state index >= 15 is 0 Å². The van der Waals surface area contributed by atoms with E-state index in [4.69, 9.17) is 10.2 Å². The van der Waals surface area contributed by atoms with E-state index in [0.717, 1.165) is 0 Å². The first-order valence-corrected chi connectivity index (χ1v) is 3.03. The van der Waals surface area contributed by atoms with Crippen LogP contribution in [0.15, 0.2) is 18.5 Å². The average molecular weight is 153 g/mol. The fourth-order valence-corrected chi connectivity index (χ4v) is 0.745. The number of hydrogen-bond acceptors (Lipinski definition) is 3. The van der Waals surface area contributed by atoms with Gasteiger partial charge < -0.3 is 10.2 Å². The molecular weight excluding hydrogens is 146 g/mol. The van der Waals surface area contributed by atoms with Crippen molar-refractivity contribution in [2.45, 2.75) is 6.42 Å². The Hall–Kier alpha value is -1.58. The van der Waals surface area contributed by atoms with Crippen molar-refractivity contribution in [2.75, 3.05) is 0 Å². The Bertz CT molecular complexity index is 272.